The number of anilines is 1. The van der Waals surface area contributed by atoms with Crippen LogP contribution in [0.25, 0.3) is 0 Å². The molecule has 0 radical (unpaired) electrons. The van der Waals surface area contributed by atoms with E-state index in [4.69, 9.17) is 0 Å². The van der Waals surface area contributed by atoms with Gasteiger partial charge in [0.25, 0.3) is 11.8 Å². The van der Waals surface area contributed by atoms with Crippen LogP contribution in [0.2, 0.25) is 0 Å². The summed E-state index contributed by atoms with van der Waals surface area (Å²) in [6.45, 7) is 10.8. The number of carbonyl (C=O) groups is 3. The number of rotatable bonds is 11. The van der Waals surface area contributed by atoms with Crippen LogP contribution in [0.3, 0.4) is 0 Å². The number of hydrogen-bond acceptors (Lipinski definition) is 7. The molecule has 0 saturated carbocycles. The maximum Gasteiger partial charge on any atom is 0.321 e. The van der Waals surface area contributed by atoms with E-state index in [1.807, 2.05) is 45.9 Å². The number of thiophene rings is 1. The Kier molecular flexibility index (Phi) is 11.0. The van der Waals surface area contributed by atoms with E-state index >= 15 is 0 Å². The Bertz CT molecular complexity index is 1570. The fourth-order valence-electron chi connectivity index (χ4n) is 5.18. The lowest BCUT2D eigenvalue weighted by Gasteiger charge is -2.27. The molecule has 0 unspecified atom stereocenters. The van der Waals surface area contributed by atoms with Crippen molar-refractivity contribution in [1.82, 2.24) is 19.8 Å². The van der Waals surface area contributed by atoms with Crippen LogP contribution < -0.4 is 16.0 Å². The van der Waals surface area contributed by atoms with Crippen LogP contribution >= 0.6 is 11.3 Å². The fraction of sp³-hybridized carbons (Fsp3) is 0.406. The van der Waals surface area contributed by atoms with Crippen molar-refractivity contribution in [1.29, 1.82) is 0 Å². The van der Waals surface area contributed by atoms with Crippen molar-refractivity contribution in [2.45, 2.75) is 52.1 Å². The first-order chi connectivity index (χ1) is 20.9. The van der Waals surface area contributed by atoms with E-state index in [9.17, 15) is 22.8 Å². The molecule has 236 valence electrons. The highest BCUT2D eigenvalue weighted by Crippen LogP contribution is 2.38. The molecule has 3 aromatic rings. The maximum atomic E-state index is 13.4. The monoisotopic (exact) mass is 639 g/mol. The van der Waals surface area contributed by atoms with Gasteiger partial charge in [0, 0.05) is 50.2 Å². The number of hydrogen-bond donors (Lipinski definition) is 3. The zero-order valence-electron chi connectivity index (χ0n) is 25.8. The van der Waals surface area contributed by atoms with Gasteiger partial charge < -0.3 is 10.6 Å². The van der Waals surface area contributed by atoms with Gasteiger partial charge in [0.05, 0.1) is 10.5 Å². The summed E-state index contributed by atoms with van der Waals surface area (Å²) >= 11 is 1.32. The Morgan fingerprint density at radius 3 is 2.16 bits per heavy atom. The molecule has 0 fully saturated rings. The second-order valence-electron chi connectivity index (χ2n) is 11.8. The minimum Gasteiger partial charge on any atom is -0.341 e. The third kappa shape index (κ3) is 8.12. The molecule has 4 rings (SSSR count). The van der Waals surface area contributed by atoms with Gasteiger partial charge in [-0.05, 0) is 53.6 Å². The molecule has 0 bridgehead atoms. The summed E-state index contributed by atoms with van der Waals surface area (Å²) < 4.78 is 28.3. The van der Waals surface area contributed by atoms with Crippen molar-refractivity contribution in [2.75, 3.05) is 32.0 Å². The molecule has 1 aliphatic heterocycles. The predicted molar refractivity (Wildman–Crippen MR) is 173 cm³/mol. The molecule has 0 spiro atoms. The van der Waals surface area contributed by atoms with E-state index < -0.39 is 27.9 Å². The number of imide groups is 1. The SMILES string of the molecule is CNC(=O)NC(=O)c1c(NC(=O)c2ccc(S(=O)(=O)N(CC(C)C)CC(C)C)cc2)sc2c1CCN(Cc1ccccc1)C2. The summed E-state index contributed by atoms with van der Waals surface area (Å²) in [6.07, 6.45) is 0.584. The molecule has 1 aromatic heterocycles. The lowest BCUT2D eigenvalue weighted by Crippen LogP contribution is -2.38. The second-order valence-corrected chi connectivity index (χ2v) is 14.8. The lowest BCUT2D eigenvalue weighted by molar-refractivity contribution is 0.0964. The van der Waals surface area contributed by atoms with Crippen LogP contribution in [0, 0.1) is 11.8 Å². The van der Waals surface area contributed by atoms with Gasteiger partial charge in [0.15, 0.2) is 0 Å². The van der Waals surface area contributed by atoms with E-state index in [2.05, 4.69) is 33.0 Å². The van der Waals surface area contributed by atoms with Gasteiger partial charge in [-0.2, -0.15) is 4.31 Å². The summed E-state index contributed by atoms with van der Waals surface area (Å²) in [5.74, 6) is -0.759. The first kappa shape index (κ1) is 33.3. The number of benzene rings is 2. The molecular formula is C32H41N5O5S2. The quantitative estimate of drug-likeness (QED) is 0.273. The second kappa shape index (κ2) is 14.5. The zero-order chi connectivity index (χ0) is 32.0. The number of urea groups is 1. The number of amides is 4. The van der Waals surface area contributed by atoms with Gasteiger partial charge in [-0.3, -0.25) is 19.8 Å². The molecule has 1 aliphatic rings. The van der Waals surface area contributed by atoms with E-state index in [0.29, 0.717) is 37.6 Å². The van der Waals surface area contributed by atoms with Crippen molar-refractivity contribution in [3.63, 3.8) is 0 Å². The minimum atomic E-state index is -3.75. The number of nitrogens with one attached hydrogen (secondary N) is 3. The minimum absolute atomic E-state index is 0.117. The van der Waals surface area contributed by atoms with Gasteiger partial charge in [0.1, 0.15) is 5.00 Å². The normalized spacial score (nSPS) is 13.6. The smallest absolute Gasteiger partial charge is 0.321 e. The maximum absolute atomic E-state index is 13.4. The standard InChI is InChI=1S/C32H41N5O5S2/c1-21(2)17-37(18-22(3)4)44(41,42)25-13-11-24(12-14-25)29(38)34-31-28(30(39)35-32(40)33-5)26-15-16-36(20-27(26)43-31)19-23-9-7-6-8-10-23/h6-14,21-22H,15-20H2,1-5H3,(H,34,38)(H2,33,35,39,40). The lowest BCUT2D eigenvalue weighted by atomic mass is 10.0. The van der Waals surface area contributed by atoms with Crippen LogP contribution in [0.4, 0.5) is 9.80 Å². The Labute approximate surface area is 263 Å². The summed E-state index contributed by atoms with van der Waals surface area (Å²) in [5, 5.41) is 7.93. The van der Waals surface area contributed by atoms with Crippen molar-refractivity contribution in [2.24, 2.45) is 11.8 Å². The molecule has 3 N–H and O–H groups in total. The molecule has 0 aliphatic carbocycles. The average Bonchev–Trinajstić information content (AvgIpc) is 3.33. The van der Waals surface area contributed by atoms with Crippen molar-refractivity contribution in [3.8, 4) is 0 Å². The zero-order valence-corrected chi connectivity index (χ0v) is 27.5. The molecule has 12 heteroatoms. The predicted octanol–water partition coefficient (Wildman–Crippen LogP) is 4.93. The van der Waals surface area contributed by atoms with Gasteiger partial charge in [-0.25, -0.2) is 13.2 Å². The molecule has 4 amide bonds. The van der Waals surface area contributed by atoms with Gasteiger partial charge in [0.2, 0.25) is 10.0 Å². The van der Waals surface area contributed by atoms with Crippen molar-refractivity contribution in [3.05, 3.63) is 81.7 Å². The highest BCUT2D eigenvalue weighted by atomic mass is 32.2. The van der Waals surface area contributed by atoms with E-state index in [-0.39, 0.29) is 27.9 Å². The van der Waals surface area contributed by atoms with Crippen LogP contribution in [0.5, 0.6) is 0 Å². The van der Waals surface area contributed by atoms with Crippen LogP contribution in [-0.2, 0) is 29.5 Å². The number of nitrogens with zero attached hydrogens (tertiary/aromatic N) is 2. The Morgan fingerprint density at radius 2 is 1.57 bits per heavy atom. The van der Waals surface area contributed by atoms with Gasteiger partial charge in [-0.1, -0.05) is 58.0 Å². The van der Waals surface area contributed by atoms with E-state index in [0.717, 1.165) is 17.0 Å². The molecule has 0 saturated heterocycles. The summed E-state index contributed by atoms with van der Waals surface area (Å²) in [7, 11) is -2.33. The van der Waals surface area contributed by atoms with E-state index in [1.54, 1.807) is 0 Å². The Hall–Kier alpha value is -3.58. The molecule has 2 heterocycles. The fourth-order valence-corrected chi connectivity index (χ4v) is 8.23. The molecule has 44 heavy (non-hydrogen) atoms. The molecule has 2 aromatic carbocycles. The topological polar surface area (TPSA) is 128 Å². The average molecular weight is 640 g/mol. The number of carbonyl (C=O) groups excluding carboxylic acids is 3. The van der Waals surface area contributed by atoms with Crippen LogP contribution in [0.15, 0.2) is 59.5 Å². The highest BCUT2D eigenvalue weighted by molar-refractivity contribution is 7.89. The highest BCUT2D eigenvalue weighted by Gasteiger charge is 2.30. The first-order valence-electron chi connectivity index (χ1n) is 14.7. The summed E-state index contributed by atoms with van der Waals surface area (Å²) in [6, 6.07) is 15.3. The van der Waals surface area contributed by atoms with Crippen LogP contribution in [-0.4, -0.2) is 62.2 Å². The molecule has 10 nitrogen and oxygen atoms in total. The van der Waals surface area contributed by atoms with Gasteiger partial charge in [-0.15, -0.1) is 11.3 Å². The van der Waals surface area contributed by atoms with Crippen molar-refractivity contribution < 1.29 is 22.8 Å². The summed E-state index contributed by atoms with van der Waals surface area (Å²) in [4.78, 5) is 41.9. The number of sulfonamides is 1. The van der Waals surface area contributed by atoms with E-state index in [1.165, 1.54) is 52.5 Å². The number of fused-ring (bicyclic) bond motifs is 1. The summed E-state index contributed by atoms with van der Waals surface area (Å²) in [5.41, 5.74) is 2.52. The molecule has 0 atom stereocenters. The largest absolute Gasteiger partial charge is 0.341 e. The Morgan fingerprint density at radius 1 is 0.932 bits per heavy atom. The third-order valence-corrected chi connectivity index (χ3v) is 10.2. The molecular weight excluding hydrogens is 599 g/mol. The Balaban J connectivity index is 1.57. The van der Waals surface area contributed by atoms with Crippen molar-refractivity contribution >= 4 is 44.2 Å². The van der Waals surface area contributed by atoms with Crippen LogP contribution in [0.1, 0.15) is 64.4 Å². The third-order valence-electron chi connectivity index (χ3n) is 7.19. The first-order valence-corrected chi connectivity index (χ1v) is 17.0. The van der Waals surface area contributed by atoms with Gasteiger partial charge >= 0.3 is 6.03 Å².